The van der Waals surface area contributed by atoms with E-state index in [1.54, 1.807) is 0 Å². The molecule has 0 aliphatic rings. The van der Waals surface area contributed by atoms with E-state index in [9.17, 15) is 0 Å². The minimum atomic E-state index is -0.0468. The van der Waals surface area contributed by atoms with E-state index in [4.69, 9.17) is 15.1 Å². The van der Waals surface area contributed by atoms with Crippen molar-refractivity contribution < 1.29 is 9.84 Å². The van der Waals surface area contributed by atoms with Gasteiger partial charge in [0.1, 0.15) is 17.9 Å². The topological polar surface area (TPSA) is 94.1 Å². The Kier molecular flexibility index (Phi) is 6.30. The number of rotatable bonds is 8. The minimum Gasteiger partial charge on any atom is -0.489 e. The third-order valence-corrected chi connectivity index (χ3v) is 4.72. The summed E-state index contributed by atoms with van der Waals surface area (Å²) in [5.74, 6) is 0.629. The SMILES string of the molecule is CN(CCC#N)c1ccc(N=Nc2nc3c(OCCO)cccc3s2)cc1. The summed E-state index contributed by atoms with van der Waals surface area (Å²) in [5.41, 5.74) is 2.47. The van der Waals surface area contributed by atoms with Gasteiger partial charge in [-0.2, -0.15) is 5.26 Å². The number of fused-ring (bicyclic) bond motifs is 1. The maximum atomic E-state index is 8.92. The fraction of sp³-hybridized carbons (Fsp3) is 0.263. The lowest BCUT2D eigenvalue weighted by Crippen LogP contribution is -2.17. The van der Waals surface area contributed by atoms with E-state index in [2.05, 4.69) is 21.3 Å². The first-order valence-electron chi connectivity index (χ1n) is 8.44. The van der Waals surface area contributed by atoms with Crippen molar-refractivity contribution in [1.29, 1.82) is 5.26 Å². The van der Waals surface area contributed by atoms with Crippen LogP contribution in [0.1, 0.15) is 6.42 Å². The van der Waals surface area contributed by atoms with E-state index in [-0.39, 0.29) is 13.2 Å². The summed E-state index contributed by atoms with van der Waals surface area (Å²) in [6.07, 6.45) is 0.486. The van der Waals surface area contributed by atoms with Gasteiger partial charge in [0.25, 0.3) is 0 Å². The number of para-hydroxylation sites is 1. The van der Waals surface area contributed by atoms with Crippen LogP contribution in [0.25, 0.3) is 10.2 Å². The highest BCUT2D eigenvalue weighted by atomic mass is 32.1. The van der Waals surface area contributed by atoms with Crippen LogP contribution in [0.15, 0.2) is 52.7 Å². The Balaban J connectivity index is 1.73. The largest absolute Gasteiger partial charge is 0.489 e. The molecule has 0 unspecified atom stereocenters. The average Bonchev–Trinajstić information content (AvgIpc) is 3.13. The monoisotopic (exact) mass is 381 g/mol. The quantitative estimate of drug-likeness (QED) is 0.582. The molecule has 3 rings (SSSR count). The predicted octanol–water partition coefficient (Wildman–Crippen LogP) is 4.43. The molecule has 0 atom stereocenters. The Morgan fingerprint density at radius 1 is 1.22 bits per heavy atom. The molecule has 7 nitrogen and oxygen atoms in total. The van der Waals surface area contributed by atoms with Gasteiger partial charge in [-0.25, -0.2) is 4.98 Å². The fourth-order valence-electron chi connectivity index (χ4n) is 2.45. The Morgan fingerprint density at radius 2 is 2.04 bits per heavy atom. The van der Waals surface area contributed by atoms with Crippen LogP contribution in [0.5, 0.6) is 5.75 Å². The molecule has 27 heavy (non-hydrogen) atoms. The first-order valence-corrected chi connectivity index (χ1v) is 9.26. The van der Waals surface area contributed by atoms with Crippen molar-refractivity contribution in [2.45, 2.75) is 6.42 Å². The maximum absolute atomic E-state index is 8.92. The van der Waals surface area contributed by atoms with Crippen LogP contribution in [0.4, 0.5) is 16.5 Å². The second kappa shape index (κ2) is 9.07. The van der Waals surface area contributed by atoms with Crippen LogP contribution in [0.2, 0.25) is 0 Å². The lowest BCUT2D eigenvalue weighted by Gasteiger charge is -2.17. The average molecular weight is 381 g/mol. The van der Waals surface area contributed by atoms with E-state index >= 15 is 0 Å². The maximum Gasteiger partial charge on any atom is 0.231 e. The molecular weight excluding hydrogens is 362 g/mol. The van der Waals surface area contributed by atoms with E-state index < -0.39 is 0 Å². The van der Waals surface area contributed by atoms with Crippen LogP contribution in [-0.2, 0) is 0 Å². The fourth-order valence-corrected chi connectivity index (χ4v) is 3.25. The van der Waals surface area contributed by atoms with Crippen molar-refractivity contribution in [3.8, 4) is 11.8 Å². The molecule has 1 aromatic heterocycles. The highest BCUT2D eigenvalue weighted by Crippen LogP contribution is 2.34. The molecule has 138 valence electrons. The van der Waals surface area contributed by atoms with Crippen LogP contribution in [-0.4, -0.2) is 36.9 Å². The first kappa shape index (κ1) is 18.8. The van der Waals surface area contributed by atoms with Crippen LogP contribution in [0, 0.1) is 11.3 Å². The summed E-state index contributed by atoms with van der Waals surface area (Å²) in [5, 5.41) is 26.6. The summed E-state index contributed by atoms with van der Waals surface area (Å²) in [6, 6.07) is 15.5. The number of benzene rings is 2. The zero-order valence-corrected chi connectivity index (χ0v) is 15.7. The number of hydrogen-bond donors (Lipinski definition) is 1. The minimum absolute atomic E-state index is 0.0468. The molecule has 0 aliphatic heterocycles. The van der Waals surface area contributed by atoms with Crippen LogP contribution in [0.3, 0.4) is 0 Å². The number of aliphatic hydroxyl groups excluding tert-OH is 1. The van der Waals surface area contributed by atoms with Gasteiger partial charge in [-0.15, -0.1) is 10.2 Å². The molecule has 0 aliphatic carbocycles. The predicted molar refractivity (Wildman–Crippen MR) is 106 cm³/mol. The molecule has 0 fully saturated rings. The summed E-state index contributed by atoms with van der Waals surface area (Å²) in [6.45, 7) is 0.862. The number of azo groups is 1. The van der Waals surface area contributed by atoms with E-state index in [1.807, 2.05) is 54.4 Å². The summed E-state index contributed by atoms with van der Waals surface area (Å²) >= 11 is 1.43. The van der Waals surface area contributed by atoms with Crippen molar-refractivity contribution in [3.63, 3.8) is 0 Å². The van der Waals surface area contributed by atoms with Gasteiger partial charge in [0.2, 0.25) is 5.13 Å². The van der Waals surface area contributed by atoms with Crippen LogP contribution >= 0.6 is 11.3 Å². The molecule has 3 aromatic rings. The number of aromatic nitrogens is 1. The molecule has 8 heteroatoms. The number of anilines is 1. The number of thiazole rings is 1. The van der Waals surface area contributed by atoms with E-state index in [0.29, 0.717) is 23.8 Å². The van der Waals surface area contributed by atoms with Gasteiger partial charge in [0.05, 0.1) is 29.5 Å². The molecule has 0 saturated carbocycles. The van der Waals surface area contributed by atoms with Gasteiger partial charge in [0, 0.05) is 19.3 Å². The van der Waals surface area contributed by atoms with Gasteiger partial charge in [0.15, 0.2) is 0 Å². The van der Waals surface area contributed by atoms with E-state index in [0.717, 1.165) is 21.6 Å². The molecule has 0 spiro atoms. The van der Waals surface area contributed by atoms with Crippen molar-refractivity contribution in [3.05, 3.63) is 42.5 Å². The second-order valence-corrected chi connectivity index (χ2v) is 6.73. The Bertz CT molecular complexity index is 962. The van der Waals surface area contributed by atoms with Crippen molar-refractivity contribution >= 4 is 38.1 Å². The normalized spacial score (nSPS) is 11.0. The van der Waals surface area contributed by atoms with Gasteiger partial charge < -0.3 is 14.7 Å². The lowest BCUT2D eigenvalue weighted by molar-refractivity contribution is 0.202. The smallest absolute Gasteiger partial charge is 0.231 e. The molecule has 0 radical (unpaired) electrons. The van der Waals surface area contributed by atoms with Crippen molar-refractivity contribution in [2.75, 3.05) is 31.7 Å². The highest BCUT2D eigenvalue weighted by Gasteiger charge is 2.09. The van der Waals surface area contributed by atoms with Crippen molar-refractivity contribution in [1.82, 2.24) is 4.98 Å². The molecule has 0 amide bonds. The van der Waals surface area contributed by atoms with Crippen LogP contribution < -0.4 is 9.64 Å². The number of hydrogen-bond acceptors (Lipinski definition) is 8. The van der Waals surface area contributed by atoms with E-state index in [1.165, 1.54) is 11.3 Å². The van der Waals surface area contributed by atoms with Gasteiger partial charge in [-0.05, 0) is 36.4 Å². The number of ether oxygens (including phenoxy) is 1. The Labute approximate surface area is 161 Å². The van der Waals surface area contributed by atoms with Gasteiger partial charge in [-0.3, -0.25) is 0 Å². The summed E-state index contributed by atoms with van der Waals surface area (Å²) < 4.78 is 6.46. The third kappa shape index (κ3) is 4.78. The molecule has 0 saturated heterocycles. The summed E-state index contributed by atoms with van der Waals surface area (Å²) in [4.78, 5) is 6.49. The molecule has 1 N–H and O–H groups in total. The van der Waals surface area contributed by atoms with Crippen molar-refractivity contribution in [2.24, 2.45) is 10.2 Å². The number of nitrogens with zero attached hydrogens (tertiary/aromatic N) is 5. The Hall–Kier alpha value is -3.02. The molecule has 0 bridgehead atoms. The lowest BCUT2D eigenvalue weighted by atomic mass is 10.2. The van der Waals surface area contributed by atoms with Gasteiger partial charge in [-0.1, -0.05) is 17.4 Å². The highest BCUT2D eigenvalue weighted by molar-refractivity contribution is 7.22. The number of nitriles is 1. The molecule has 1 heterocycles. The zero-order chi connectivity index (χ0) is 19.1. The standard InChI is InChI=1S/C19H19N5O2S/c1-24(11-3-10-20)15-8-6-14(7-9-15)22-23-19-21-18-16(26-13-12-25)4-2-5-17(18)27-19/h2,4-9,25H,3,11-13H2,1H3. The third-order valence-electron chi connectivity index (χ3n) is 3.82. The molecule has 2 aromatic carbocycles. The summed E-state index contributed by atoms with van der Waals surface area (Å²) in [7, 11) is 1.95. The zero-order valence-electron chi connectivity index (χ0n) is 14.9. The number of aliphatic hydroxyl groups is 1. The second-order valence-electron chi connectivity index (χ2n) is 5.72. The Morgan fingerprint density at radius 3 is 2.78 bits per heavy atom. The molecular formula is C19H19N5O2S. The first-order chi connectivity index (χ1) is 13.2. The van der Waals surface area contributed by atoms with Gasteiger partial charge >= 0.3 is 0 Å².